The molecule has 0 atom stereocenters. The van der Waals surface area contributed by atoms with Crippen LogP contribution in [0.3, 0.4) is 0 Å². The van der Waals surface area contributed by atoms with Crippen LogP contribution in [0.2, 0.25) is 0 Å². The molecule has 0 radical (unpaired) electrons. The molecule has 0 amide bonds. The monoisotopic (exact) mass is 335 g/mol. The Labute approximate surface area is 147 Å². The van der Waals surface area contributed by atoms with Gasteiger partial charge in [0.15, 0.2) is 5.13 Å². The lowest BCUT2D eigenvalue weighted by Crippen LogP contribution is -2.43. The lowest BCUT2D eigenvalue weighted by atomic mass is 9.89. The minimum Gasteiger partial charge on any atom is -0.346 e. The number of nitrogens with zero attached hydrogens (tertiary/aromatic N) is 2. The van der Waals surface area contributed by atoms with E-state index < -0.39 is 0 Å². The second kappa shape index (κ2) is 7.16. The number of thiazole rings is 1. The molecule has 1 N–H and O–H groups in total. The van der Waals surface area contributed by atoms with Gasteiger partial charge in [0.25, 0.3) is 0 Å². The summed E-state index contributed by atoms with van der Waals surface area (Å²) in [7, 11) is 0. The molecule has 0 unspecified atom stereocenters. The first-order valence-corrected chi connectivity index (χ1v) is 9.31. The molecular formula is C20H21N3S. The van der Waals surface area contributed by atoms with E-state index in [1.54, 1.807) is 11.3 Å². The SMILES string of the molecule is c1ccc(C(c2ccccc2)c2csc(N3CCNCC3)n2)cc1. The Morgan fingerprint density at radius 3 is 2.04 bits per heavy atom. The second-order valence-electron chi connectivity index (χ2n) is 6.05. The molecular weight excluding hydrogens is 314 g/mol. The van der Waals surface area contributed by atoms with Crippen molar-refractivity contribution in [3.63, 3.8) is 0 Å². The van der Waals surface area contributed by atoms with E-state index in [1.807, 2.05) is 0 Å². The molecule has 1 aromatic heterocycles. The van der Waals surface area contributed by atoms with Crippen LogP contribution in [0.1, 0.15) is 22.7 Å². The lowest BCUT2D eigenvalue weighted by molar-refractivity contribution is 0.587. The Kier molecular flexibility index (Phi) is 4.58. The molecule has 0 spiro atoms. The van der Waals surface area contributed by atoms with Crippen molar-refractivity contribution in [2.75, 3.05) is 31.1 Å². The summed E-state index contributed by atoms with van der Waals surface area (Å²) in [6.07, 6.45) is 0. The first-order valence-electron chi connectivity index (χ1n) is 8.43. The van der Waals surface area contributed by atoms with Gasteiger partial charge in [0.1, 0.15) is 0 Å². The molecule has 2 heterocycles. The van der Waals surface area contributed by atoms with Crippen LogP contribution in [0, 0.1) is 0 Å². The molecule has 3 aromatic rings. The third-order valence-electron chi connectivity index (χ3n) is 4.46. The number of hydrogen-bond acceptors (Lipinski definition) is 4. The zero-order chi connectivity index (χ0) is 16.2. The quantitative estimate of drug-likeness (QED) is 0.787. The molecule has 1 aliphatic heterocycles. The third kappa shape index (κ3) is 3.21. The summed E-state index contributed by atoms with van der Waals surface area (Å²) in [6, 6.07) is 21.3. The van der Waals surface area contributed by atoms with Crippen LogP contribution in [-0.2, 0) is 0 Å². The van der Waals surface area contributed by atoms with E-state index in [4.69, 9.17) is 4.98 Å². The molecule has 0 aliphatic carbocycles. The van der Waals surface area contributed by atoms with Gasteiger partial charge in [-0.3, -0.25) is 0 Å². The summed E-state index contributed by atoms with van der Waals surface area (Å²) < 4.78 is 0. The summed E-state index contributed by atoms with van der Waals surface area (Å²) in [5, 5.41) is 6.77. The molecule has 122 valence electrons. The molecule has 4 heteroatoms. The van der Waals surface area contributed by atoms with Crippen LogP contribution in [0.15, 0.2) is 66.0 Å². The molecule has 1 fully saturated rings. The van der Waals surface area contributed by atoms with Gasteiger partial charge < -0.3 is 10.2 Å². The van der Waals surface area contributed by atoms with Crippen molar-refractivity contribution >= 4 is 16.5 Å². The van der Waals surface area contributed by atoms with E-state index in [0.29, 0.717) is 0 Å². The molecule has 1 aliphatic rings. The van der Waals surface area contributed by atoms with E-state index in [1.165, 1.54) is 11.1 Å². The van der Waals surface area contributed by atoms with Gasteiger partial charge in [0, 0.05) is 31.6 Å². The number of aromatic nitrogens is 1. The highest BCUT2D eigenvalue weighted by atomic mass is 32.1. The largest absolute Gasteiger partial charge is 0.346 e. The van der Waals surface area contributed by atoms with Crippen LogP contribution in [0.25, 0.3) is 0 Å². The number of rotatable bonds is 4. The highest BCUT2D eigenvalue weighted by Crippen LogP contribution is 2.34. The zero-order valence-corrected chi connectivity index (χ0v) is 14.4. The number of piperazine rings is 1. The van der Waals surface area contributed by atoms with Gasteiger partial charge in [-0.1, -0.05) is 60.7 Å². The minimum atomic E-state index is 0.195. The fourth-order valence-corrected chi connectivity index (χ4v) is 4.14. The maximum atomic E-state index is 5.00. The number of anilines is 1. The predicted molar refractivity (Wildman–Crippen MR) is 101 cm³/mol. The van der Waals surface area contributed by atoms with Crippen molar-refractivity contribution in [2.24, 2.45) is 0 Å². The van der Waals surface area contributed by atoms with E-state index in [2.05, 4.69) is 76.3 Å². The van der Waals surface area contributed by atoms with Crippen molar-refractivity contribution in [1.82, 2.24) is 10.3 Å². The number of nitrogens with one attached hydrogen (secondary N) is 1. The van der Waals surface area contributed by atoms with E-state index in [-0.39, 0.29) is 5.92 Å². The molecule has 1 saturated heterocycles. The fraction of sp³-hybridized carbons (Fsp3) is 0.250. The Morgan fingerprint density at radius 1 is 0.875 bits per heavy atom. The molecule has 0 saturated carbocycles. The van der Waals surface area contributed by atoms with Crippen LogP contribution in [0.4, 0.5) is 5.13 Å². The molecule has 24 heavy (non-hydrogen) atoms. The third-order valence-corrected chi connectivity index (χ3v) is 5.38. The van der Waals surface area contributed by atoms with Gasteiger partial charge in [-0.2, -0.15) is 0 Å². The van der Waals surface area contributed by atoms with Crippen LogP contribution in [0.5, 0.6) is 0 Å². The smallest absolute Gasteiger partial charge is 0.185 e. The average molecular weight is 335 g/mol. The Hall–Kier alpha value is -2.17. The Bertz CT molecular complexity index is 724. The standard InChI is InChI=1S/C20H21N3S/c1-3-7-16(8-4-1)19(17-9-5-2-6-10-17)18-15-24-20(22-18)23-13-11-21-12-14-23/h1-10,15,19,21H,11-14H2. The maximum absolute atomic E-state index is 5.00. The fourth-order valence-electron chi connectivity index (χ4n) is 3.24. The van der Waals surface area contributed by atoms with E-state index >= 15 is 0 Å². The topological polar surface area (TPSA) is 28.2 Å². The molecule has 4 rings (SSSR count). The van der Waals surface area contributed by atoms with Gasteiger partial charge in [-0.15, -0.1) is 11.3 Å². The van der Waals surface area contributed by atoms with Crippen LogP contribution >= 0.6 is 11.3 Å². The van der Waals surface area contributed by atoms with Crippen molar-refractivity contribution < 1.29 is 0 Å². The number of hydrogen-bond donors (Lipinski definition) is 1. The number of benzene rings is 2. The van der Waals surface area contributed by atoms with Crippen LogP contribution < -0.4 is 10.2 Å². The second-order valence-corrected chi connectivity index (χ2v) is 6.88. The normalized spacial score (nSPS) is 15.0. The summed E-state index contributed by atoms with van der Waals surface area (Å²) >= 11 is 1.76. The van der Waals surface area contributed by atoms with Gasteiger partial charge in [-0.25, -0.2) is 4.98 Å². The van der Waals surface area contributed by atoms with Crippen molar-refractivity contribution in [2.45, 2.75) is 5.92 Å². The molecule has 2 aromatic carbocycles. The van der Waals surface area contributed by atoms with Crippen molar-refractivity contribution in [3.8, 4) is 0 Å². The zero-order valence-electron chi connectivity index (χ0n) is 13.6. The minimum absolute atomic E-state index is 0.195. The van der Waals surface area contributed by atoms with Gasteiger partial charge in [0.05, 0.1) is 11.6 Å². The Balaban J connectivity index is 1.70. The van der Waals surface area contributed by atoms with Gasteiger partial charge >= 0.3 is 0 Å². The van der Waals surface area contributed by atoms with Gasteiger partial charge in [0.2, 0.25) is 0 Å². The summed E-state index contributed by atoms with van der Waals surface area (Å²) in [4.78, 5) is 7.39. The van der Waals surface area contributed by atoms with E-state index in [0.717, 1.165) is 37.0 Å². The highest BCUT2D eigenvalue weighted by molar-refractivity contribution is 7.13. The highest BCUT2D eigenvalue weighted by Gasteiger charge is 2.21. The summed E-state index contributed by atoms with van der Waals surface area (Å²) in [6.45, 7) is 4.15. The maximum Gasteiger partial charge on any atom is 0.185 e. The van der Waals surface area contributed by atoms with Crippen molar-refractivity contribution in [1.29, 1.82) is 0 Å². The summed E-state index contributed by atoms with van der Waals surface area (Å²) in [5.41, 5.74) is 3.73. The van der Waals surface area contributed by atoms with Crippen LogP contribution in [-0.4, -0.2) is 31.2 Å². The first-order chi connectivity index (χ1) is 11.9. The molecule has 0 bridgehead atoms. The van der Waals surface area contributed by atoms with Gasteiger partial charge in [-0.05, 0) is 11.1 Å². The first kappa shape index (κ1) is 15.4. The van der Waals surface area contributed by atoms with E-state index in [9.17, 15) is 0 Å². The summed E-state index contributed by atoms with van der Waals surface area (Å²) in [5.74, 6) is 0.195. The average Bonchev–Trinajstić information content (AvgIpc) is 3.14. The lowest BCUT2D eigenvalue weighted by Gasteiger charge is -2.26. The predicted octanol–water partition coefficient (Wildman–Crippen LogP) is 3.73. The Morgan fingerprint density at radius 2 is 1.46 bits per heavy atom. The molecule has 3 nitrogen and oxygen atoms in total. The van der Waals surface area contributed by atoms with Crippen molar-refractivity contribution in [3.05, 3.63) is 82.9 Å².